The Bertz CT molecular complexity index is 1200. The lowest BCUT2D eigenvalue weighted by Crippen LogP contribution is -2.25. The van der Waals surface area contributed by atoms with Crippen LogP contribution in [0.5, 0.6) is 5.75 Å². The minimum absolute atomic E-state index is 0.117. The smallest absolute Gasteiger partial charge is 0.277 e. The van der Waals surface area contributed by atoms with Crippen molar-refractivity contribution in [2.24, 2.45) is 5.10 Å². The highest BCUT2D eigenvalue weighted by molar-refractivity contribution is 5.99. The van der Waals surface area contributed by atoms with E-state index in [-0.39, 0.29) is 12.5 Å². The second-order valence-electron chi connectivity index (χ2n) is 7.33. The highest BCUT2D eigenvalue weighted by Gasteiger charge is 2.08. The second kappa shape index (κ2) is 10.2. The molecule has 0 unspecified atom stereocenters. The van der Waals surface area contributed by atoms with Gasteiger partial charge in [0, 0.05) is 5.56 Å². The normalized spacial score (nSPS) is 11.1. The van der Waals surface area contributed by atoms with E-state index in [0.717, 1.165) is 33.5 Å². The van der Waals surface area contributed by atoms with Gasteiger partial charge >= 0.3 is 0 Å². The molecule has 0 bridgehead atoms. The van der Waals surface area contributed by atoms with Crippen LogP contribution in [0.2, 0.25) is 0 Å². The Morgan fingerprint density at radius 2 is 1.28 bits per heavy atom. The molecule has 0 heterocycles. The number of benzene rings is 4. The van der Waals surface area contributed by atoms with Crippen LogP contribution in [0.25, 0.3) is 22.3 Å². The molecule has 0 radical (unpaired) electrons. The number of nitrogens with zero attached hydrogens (tertiary/aromatic N) is 1. The quantitative estimate of drug-likeness (QED) is 0.297. The van der Waals surface area contributed by atoms with E-state index in [9.17, 15) is 4.79 Å². The van der Waals surface area contributed by atoms with Crippen LogP contribution < -0.4 is 10.2 Å². The van der Waals surface area contributed by atoms with Crippen LogP contribution in [-0.2, 0) is 4.79 Å². The summed E-state index contributed by atoms with van der Waals surface area (Å²) in [6.45, 7) is 1.75. The zero-order valence-corrected chi connectivity index (χ0v) is 17.9. The first-order valence-electron chi connectivity index (χ1n) is 10.5. The summed E-state index contributed by atoms with van der Waals surface area (Å²) in [5, 5.41) is 4.23. The lowest BCUT2D eigenvalue weighted by molar-refractivity contribution is -0.123. The van der Waals surface area contributed by atoms with Crippen LogP contribution in [0.15, 0.2) is 114 Å². The Morgan fingerprint density at radius 1 is 0.719 bits per heavy atom. The number of hydrogen-bond acceptors (Lipinski definition) is 3. The summed E-state index contributed by atoms with van der Waals surface area (Å²) < 4.78 is 5.77. The molecule has 4 rings (SSSR count). The first-order valence-corrected chi connectivity index (χ1v) is 10.5. The first kappa shape index (κ1) is 21.1. The minimum atomic E-state index is -0.312. The fourth-order valence-corrected chi connectivity index (χ4v) is 3.37. The summed E-state index contributed by atoms with van der Waals surface area (Å²) in [6.07, 6.45) is 0. The molecule has 0 saturated carbocycles. The molecule has 0 spiro atoms. The molecule has 4 nitrogen and oxygen atoms in total. The maximum Gasteiger partial charge on any atom is 0.277 e. The molecule has 4 heteroatoms. The summed E-state index contributed by atoms with van der Waals surface area (Å²) in [4.78, 5) is 12.3. The van der Waals surface area contributed by atoms with E-state index in [1.54, 1.807) is 0 Å². The summed E-state index contributed by atoms with van der Waals surface area (Å²) in [5.41, 5.74) is 8.53. The van der Waals surface area contributed by atoms with Crippen molar-refractivity contribution < 1.29 is 9.53 Å². The van der Waals surface area contributed by atoms with Crippen LogP contribution in [0, 0.1) is 0 Å². The van der Waals surface area contributed by atoms with E-state index in [4.69, 9.17) is 4.74 Å². The van der Waals surface area contributed by atoms with Crippen LogP contribution >= 0.6 is 0 Å². The summed E-state index contributed by atoms with van der Waals surface area (Å²) in [7, 11) is 0. The van der Waals surface area contributed by atoms with Crippen molar-refractivity contribution >= 4 is 11.6 Å². The number of hydrazone groups is 1. The third-order valence-corrected chi connectivity index (χ3v) is 5.09. The molecule has 158 valence electrons. The number of ether oxygens (including phenoxy) is 1. The van der Waals surface area contributed by atoms with Gasteiger partial charge < -0.3 is 4.74 Å². The molecule has 0 atom stereocenters. The molecule has 1 amide bonds. The number of rotatable bonds is 7. The maximum atomic E-state index is 12.3. The Labute approximate surface area is 188 Å². The SMILES string of the molecule is CC(=NNC(=O)COc1ccccc1-c1ccccc1)c1ccc(-c2ccccc2)cc1. The van der Waals surface area contributed by atoms with E-state index < -0.39 is 0 Å². The molecule has 0 aliphatic rings. The Kier molecular flexibility index (Phi) is 6.73. The van der Waals surface area contributed by atoms with Crippen LogP contribution in [0.4, 0.5) is 0 Å². The predicted octanol–water partition coefficient (Wildman–Crippen LogP) is 5.94. The molecule has 4 aromatic carbocycles. The number of carbonyl (C=O) groups is 1. The van der Waals surface area contributed by atoms with E-state index in [1.807, 2.05) is 91.9 Å². The van der Waals surface area contributed by atoms with Gasteiger partial charge in [0.05, 0.1) is 5.71 Å². The molecular formula is C28H24N2O2. The van der Waals surface area contributed by atoms with Crippen molar-refractivity contribution in [1.29, 1.82) is 0 Å². The van der Waals surface area contributed by atoms with Gasteiger partial charge in [-0.05, 0) is 35.2 Å². The number of nitrogens with one attached hydrogen (secondary N) is 1. The summed E-state index contributed by atoms with van der Waals surface area (Å²) in [5.74, 6) is 0.346. The average Bonchev–Trinajstić information content (AvgIpc) is 2.87. The van der Waals surface area contributed by atoms with Crippen molar-refractivity contribution in [3.63, 3.8) is 0 Å². The van der Waals surface area contributed by atoms with Gasteiger partial charge in [0.2, 0.25) is 0 Å². The highest BCUT2D eigenvalue weighted by atomic mass is 16.5. The van der Waals surface area contributed by atoms with Gasteiger partial charge in [0.15, 0.2) is 6.61 Å². The molecule has 4 aromatic rings. The molecule has 32 heavy (non-hydrogen) atoms. The molecule has 0 aromatic heterocycles. The van der Waals surface area contributed by atoms with E-state index in [2.05, 4.69) is 34.8 Å². The largest absolute Gasteiger partial charge is 0.483 e. The Balaban J connectivity index is 1.36. The van der Waals surface area contributed by atoms with Gasteiger partial charge in [-0.2, -0.15) is 5.10 Å². The molecule has 0 saturated heterocycles. The predicted molar refractivity (Wildman–Crippen MR) is 130 cm³/mol. The van der Waals surface area contributed by atoms with Gasteiger partial charge in [-0.25, -0.2) is 5.43 Å². The van der Waals surface area contributed by atoms with Gasteiger partial charge in [0.1, 0.15) is 5.75 Å². The van der Waals surface area contributed by atoms with Crippen LogP contribution in [0.1, 0.15) is 12.5 Å². The van der Waals surface area contributed by atoms with Crippen molar-refractivity contribution in [3.05, 3.63) is 115 Å². The van der Waals surface area contributed by atoms with Crippen molar-refractivity contribution in [2.75, 3.05) is 6.61 Å². The number of carbonyl (C=O) groups excluding carboxylic acids is 1. The lowest BCUT2D eigenvalue weighted by atomic mass is 10.0. The molecule has 1 N–H and O–H groups in total. The monoisotopic (exact) mass is 420 g/mol. The van der Waals surface area contributed by atoms with Crippen molar-refractivity contribution in [1.82, 2.24) is 5.43 Å². The van der Waals surface area contributed by atoms with Gasteiger partial charge in [0.25, 0.3) is 5.91 Å². The van der Waals surface area contributed by atoms with Crippen molar-refractivity contribution in [3.8, 4) is 28.0 Å². The lowest BCUT2D eigenvalue weighted by Gasteiger charge is -2.11. The molecule has 0 fully saturated rings. The fraction of sp³-hybridized carbons (Fsp3) is 0.0714. The van der Waals surface area contributed by atoms with Gasteiger partial charge in [-0.3, -0.25) is 4.79 Å². The topological polar surface area (TPSA) is 50.7 Å². The van der Waals surface area contributed by atoms with Gasteiger partial charge in [-0.15, -0.1) is 0 Å². The third kappa shape index (κ3) is 5.29. The third-order valence-electron chi connectivity index (χ3n) is 5.09. The average molecular weight is 421 g/mol. The molecule has 0 aliphatic heterocycles. The zero-order valence-electron chi connectivity index (χ0n) is 17.9. The van der Waals surface area contributed by atoms with Crippen LogP contribution in [-0.4, -0.2) is 18.2 Å². The first-order chi connectivity index (χ1) is 15.7. The Hall–Kier alpha value is -4.18. The number of para-hydroxylation sites is 1. The maximum absolute atomic E-state index is 12.3. The van der Waals surface area contributed by atoms with E-state index in [0.29, 0.717) is 5.75 Å². The molecular weight excluding hydrogens is 396 g/mol. The summed E-state index contributed by atoms with van der Waals surface area (Å²) >= 11 is 0. The number of amides is 1. The Morgan fingerprint density at radius 3 is 1.97 bits per heavy atom. The second-order valence-corrected chi connectivity index (χ2v) is 7.33. The number of hydrogen-bond donors (Lipinski definition) is 1. The zero-order chi connectivity index (χ0) is 22.2. The van der Waals surface area contributed by atoms with Crippen molar-refractivity contribution in [2.45, 2.75) is 6.92 Å². The van der Waals surface area contributed by atoms with E-state index in [1.165, 1.54) is 0 Å². The minimum Gasteiger partial charge on any atom is -0.483 e. The standard InChI is InChI=1S/C28H24N2O2/c1-21(22-16-18-24(19-17-22)23-10-4-2-5-11-23)29-30-28(31)20-32-27-15-9-8-14-26(27)25-12-6-3-7-13-25/h2-19H,20H2,1H3,(H,30,31). The highest BCUT2D eigenvalue weighted by Crippen LogP contribution is 2.29. The van der Waals surface area contributed by atoms with E-state index >= 15 is 0 Å². The molecule has 0 aliphatic carbocycles. The summed E-state index contributed by atoms with van der Waals surface area (Å²) in [6, 6.07) is 35.9. The fourth-order valence-electron chi connectivity index (χ4n) is 3.37. The van der Waals surface area contributed by atoms with Gasteiger partial charge in [-0.1, -0.05) is 103 Å². The van der Waals surface area contributed by atoms with Crippen LogP contribution in [0.3, 0.4) is 0 Å².